The molecule has 0 saturated heterocycles. The second-order valence-electron chi connectivity index (χ2n) is 3.74. The van der Waals surface area contributed by atoms with Crippen LogP contribution in [0.4, 0.5) is 5.69 Å². The van der Waals surface area contributed by atoms with Crippen LogP contribution in [0.5, 0.6) is 0 Å². The van der Waals surface area contributed by atoms with E-state index in [0.29, 0.717) is 6.54 Å². The van der Waals surface area contributed by atoms with Gasteiger partial charge in [-0.25, -0.2) is 13.1 Å². The number of benzene rings is 1. The molecule has 0 fully saturated rings. The summed E-state index contributed by atoms with van der Waals surface area (Å²) in [6, 6.07) is 9.86. The molecule has 0 bridgehead atoms. The summed E-state index contributed by atoms with van der Waals surface area (Å²) in [5, 5.41) is 3.27. The Hall–Kier alpha value is -1.07. The zero-order valence-corrected chi connectivity index (χ0v) is 10.4. The lowest BCUT2D eigenvalue weighted by Crippen LogP contribution is -2.35. The van der Waals surface area contributed by atoms with Gasteiger partial charge in [-0.15, -0.1) is 0 Å². The lowest BCUT2D eigenvalue weighted by molar-refractivity contribution is 0.577. The van der Waals surface area contributed by atoms with E-state index >= 15 is 0 Å². The maximum atomic E-state index is 11.0. The molecule has 0 aliphatic carbocycles. The molecule has 0 heterocycles. The molecule has 4 nitrogen and oxygen atoms in total. The highest BCUT2D eigenvalue weighted by molar-refractivity contribution is 7.88. The number of hydrogen-bond donors (Lipinski definition) is 2. The van der Waals surface area contributed by atoms with Gasteiger partial charge < -0.3 is 5.32 Å². The Morgan fingerprint density at radius 3 is 2.38 bits per heavy atom. The minimum atomic E-state index is -3.11. The summed E-state index contributed by atoms with van der Waals surface area (Å²) in [6.45, 7) is 2.43. The van der Waals surface area contributed by atoms with Gasteiger partial charge in [0.1, 0.15) is 0 Å². The Morgan fingerprint density at radius 2 is 1.88 bits per heavy atom. The summed E-state index contributed by atoms with van der Waals surface area (Å²) < 4.78 is 24.4. The van der Waals surface area contributed by atoms with E-state index in [-0.39, 0.29) is 6.04 Å². The topological polar surface area (TPSA) is 58.2 Å². The van der Waals surface area contributed by atoms with Gasteiger partial charge in [-0.3, -0.25) is 0 Å². The first kappa shape index (κ1) is 13.0. The second-order valence-corrected chi connectivity index (χ2v) is 5.57. The monoisotopic (exact) mass is 242 g/mol. The third kappa shape index (κ3) is 5.14. The van der Waals surface area contributed by atoms with Crippen molar-refractivity contribution in [3.63, 3.8) is 0 Å². The van der Waals surface area contributed by atoms with E-state index < -0.39 is 10.0 Å². The number of hydrogen-bond acceptors (Lipinski definition) is 3. The van der Waals surface area contributed by atoms with Crippen LogP contribution in [0.2, 0.25) is 0 Å². The highest BCUT2D eigenvalue weighted by Crippen LogP contribution is 2.08. The van der Waals surface area contributed by atoms with E-state index in [2.05, 4.69) is 10.0 Å². The van der Waals surface area contributed by atoms with Crippen LogP contribution in [-0.4, -0.2) is 27.3 Å². The van der Waals surface area contributed by atoms with Gasteiger partial charge in [-0.2, -0.15) is 0 Å². The van der Waals surface area contributed by atoms with Gasteiger partial charge in [0.25, 0.3) is 0 Å². The van der Waals surface area contributed by atoms with Crippen LogP contribution < -0.4 is 10.0 Å². The average Bonchev–Trinajstić information content (AvgIpc) is 2.24. The van der Waals surface area contributed by atoms with E-state index in [0.717, 1.165) is 12.1 Å². The van der Waals surface area contributed by atoms with Crippen molar-refractivity contribution in [2.75, 3.05) is 18.1 Å². The third-order valence-corrected chi connectivity index (χ3v) is 2.92. The van der Waals surface area contributed by atoms with Crippen LogP contribution in [0.1, 0.15) is 13.3 Å². The Bertz CT molecular complexity index is 403. The van der Waals surface area contributed by atoms with Crippen LogP contribution in [0.3, 0.4) is 0 Å². The molecule has 0 aromatic heterocycles. The molecule has 16 heavy (non-hydrogen) atoms. The maximum absolute atomic E-state index is 11.0. The zero-order valence-electron chi connectivity index (χ0n) is 9.60. The minimum absolute atomic E-state index is 0.108. The molecule has 1 rings (SSSR count). The molecule has 90 valence electrons. The van der Waals surface area contributed by atoms with Gasteiger partial charge in [-0.1, -0.05) is 25.1 Å². The molecule has 0 radical (unpaired) electrons. The fraction of sp³-hybridized carbons (Fsp3) is 0.455. The number of anilines is 1. The van der Waals surface area contributed by atoms with E-state index in [1.54, 1.807) is 0 Å². The smallest absolute Gasteiger partial charge is 0.208 e. The Balaban J connectivity index is 2.50. The van der Waals surface area contributed by atoms with E-state index in [9.17, 15) is 8.42 Å². The first-order valence-electron chi connectivity index (χ1n) is 5.27. The molecule has 0 aliphatic rings. The summed E-state index contributed by atoms with van der Waals surface area (Å²) in [5.41, 5.74) is 1.00. The Labute approximate surface area is 97.1 Å². The molecule has 1 atom stereocenters. The molecule has 5 heteroatoms. The molecule has 2 N–H and O–H groups in total. The molecule has 1 aromatic carbocycles. The second kappa shape index (κ2) is 5.86. The first-order valence-corrected chi connectivity index (χ1v) is 7.16. The largest absolute Gasteiger partial charge is 0.381 e. The van der Waals surface area contributed by atoms with Crippen molar-refractivity contribution in [2.24, 2.45) is 0 Å². The Morgan fingerprint density at radius 1 is 1.25 bits per heavy atom. The van der Waals surface area contributed by atoms with Crippen LogP contribution in [0, 0.1) is 0 Å². The summed E-state index contributed by atoms with van der Waals surface area (Å²) in [7, 11) is -3.11. The zero-order chi connectivity index (χ0) is 12.0. The predicted octanol–water partition coefficient (Wildman–Crippen LogP) is 1.43. The highest BCUT2D eigenvalue weighted by atomic mass is 32.2. The molecule has 0 aliphatic heterocycles. The molecule has 1 unspecified atom stereocenters. The quantitative estimate of drug-likeness (QED) is 0.793. The van der Waals surface area contributed by atoms with Crippen molar-refractivity contribution in [2.45, 2.75) is 19.4 Å². The van der Waals surface area contributed by atoms with Crippen LogP contribution in [0.15, 0.2) is 30.3 Å². The van der Waals surface area contributed by atoms with Gasteiger partial charge >= 0.3 is 0 Å². The van der Waals surface area contributed by atoms with Gasteiger partial charge in [0.05, 0.1) is 6.26 Å². The van der Waals surface area contributed by atoms with Gasteiger partial charge in [0.2, 0.25) is 10.0 Å². The van der Waals surface area contributed by atoms with Crippen molar-refractivity contribution in [3.8, 4) is 0 Å². The van der Waals surface area contributed by atoms with Crippen molar-refractivity contribution >= 4 is 15.7 Å². The number of nitrogens with one attached hydrogen (secondary N) is 2. The standard InChI is InChI=1S/C11H18N2O2S/c1-3-10(9-12-16(2,14)15)13-11-7-5-4-6-8-11/h4-8,10,12-13H,3,9H2,1-2H3. The maximum Gasteiger partial charge on any atom is 0.208 e. The summed E-state index contributed by atoms with van der Waals surface area (Å²) in [6.07, 6.45) is 2.03. The lowest BCUT2D eigenvalue weighted by atomic mass is 10.2. The van der Waals surface area contributed by atoms with Crippen molar-refractivity contribution < 1.29 is 8.42 Å². The summed E-state index contributed by atoms with van der Waals surface area (Å²) >= 11 is 0. The van der Waals surface area contributed by atoms with Gasteiger partial charge in [-0.05, 0) is 18.6 Å². The molecule has 0 saturated carbocycles. The minimum Gasteiger partial charge on any atom is -0.381 e. The summed E-state index contributed by atoms with van der Waals surface area (Å²) in [4.78, 5) is 0. The SMILES string of the molecule is CCC(CNS(C)(=O)=O)Nc1ccccc1. The summed E-state index contributed by atoms with van der Waals surface area (Å²) in [5.74, 6) is 0. The highest BCUT2D eigenvalue weighted by Gasteiger charge is 2.08. The average molecular weight is 242 g/mol. The van der Waals surface area contributed by atoms with Crippen molar-refractivity contribution in [1.29, 1.82) is 0 Å². The number of rotatable bonds is 6. The fourth-order valence-corrected chi connectivity index (χ4v) is 1.82. The fourth-order valence-electron chi connectivity index (χ4n) is 1.32. The molecular weight excluding hydrogens is 224 g/mol. The van der Waals surface area contributed by atoms with E-state index in [1.807, 2.05) is 37.3 Å². The van der Waals surface area contributed by atoms with Crippen molar-refractivity contribution in [3.05, 3.63) is 30.3 Å². The first-order chi connectivity index (χ1) is 7.51. The van der Waals surface area contributed by atoms with Crippen LogP contribution in [0.25, 0.3) is 0 Å². The predicted molar refractivity (Wildman–Crippen MR) is 67.0 cm³/mol. The van der Waals surface area contributed by atoms with E-state index in [1.165, 1.54) is 6.26 Å². The Kier molecular flexibility index (Phi) is 4.76. The third-order valence-electron chi connectivity index (χ3n) is 2.23. The van der Waals surface area contributed by atoms with Crippen molar-refractivity contribution in [1.82, 2.24) is 4.72 Å². The molecule has 1 aromatic rings. The molecular formula is C11H18N2O2S. The van der Waals surface area contributed by atoms with Crippen LogP contribution >= 0.6 is 0 Å². The number of para-hydroxylation sites is 1. The normalized spacial score (nSPS) is 13.4. The lowest BCUT2D eigenvalue weighted by Gasteiger charge is -2.18. The van der Waals surface area contributed by atoms with Crippen LogP contribution in [-0.2, 0) is 10.0 Å². The van der Waals surface area contributed by atoms with Gasteiger partial charge in [0.15, 0.2) is 0 Å². The van der Waals surface area contributed by atoms with E-state index in [4.69, 9.17) is 0 Å². The molecule has 0 spiro atoms. The van der Waals surface area contributed by atoms with Gasteiger partial charge in [0, 0.05) is 18.3 Å². The number of sulfonamides is 1. The molecule has 0 amide bonds.